The minimum Gasteiger partial charge on any atom is -0.489 e. The number of methoxy groups -OCH3 is 1. The number of aromatic nitrogens is 2. The van der Waals surface area contributed by atoms with E-state index >= 15 is 0 Å². The second-order valence-electron chi connectivity index (χ2n) is 8.46. The van der Waals surface area contributed by atoms with Crippen LogP contribution >= 0.6 is 0 Å². The summed E-state index contributed by atoms with van der Waals surface area (Å²) < 4.78 is 11.3. The molecule has 0 bridgehead atoms. The van der Waals surface area contributed by atoms with E-state index in [0.29, 0.717) is 25.5 Å². The third-order valence-electron chi connectivity index (χ3n) is 6.17. The first kappa shape index (κ1) is 21.9. The Bertz CT molecular complexity index is 1260. The van der Waals surface area contributed by atoms with Crippen LogP contribution in [0.5, 0.6) is 5.75 Å². The fourth-order valence-electron chi connectivity index (χ4n) is 4.38. The molecule has 1 aromatic heterocycles. The Labute approximate surface area is 199 Å². The van der Waals surface area contributed by atoms with E-state index in [-0.39, 0.29) is 11.9 Å². The van der Waals surface area contributed by atoms with Crippen LogP contribution in [0, 0.1) is 6.92 Å². The molecule has 0 saturated heterocycles. The van der Waals surface area contributed by atoms with Crippen LogP contribution in [0.2, 0.25) is 0 Å². The van der Waals surface area contributed by atoms with Crippen LogP contribution in [0.4, 0.5) is 0 Å². The summed E-state index contributed by atoms with van der Waals surface area (Å²) in [5.74, 6) is 0.721. The molecule has 3 aromatic carbocycles. The maximum Gasteiger partial charge on any atom is 0.273 e. The zero-order chi connectivity index (χ0) is 23.5. The summed E-state index contributed by atoms with van der Waals surface area (Å²) in [4.78, 5) is 15.1. The van der Waals surface area contributed by atoms with Crippen molar-refractivity contribution >= 4 is 5.91 Å². The third-order valence-corrected chi connectivity index (χ3v) is 6.17. The van der Waals surface area contributed by atoms with Crippen molar-refractivity contribution < 1.29 is 14.3 Å². The summed E-state index contributed by atoms with van der Waals surface area (Å²) in [5, 5.41) is 7.53. The first-order valence-electron chi connectivity index (χ1n) is 11.4. The van der Waals surface area contributed by atoms with Crippen molar-refractivity contribution in [2.45, 2.75) is 19.6 Å². The number of fused-ring (bicyclic) bond motifs is 1. The summed E-state index contributed by atoms with van der Waals surface area (Å²) in [6.45, 7) is 3.50. The number of carbonyl (C=O) groups excluding carboxylic acids is 1. The van der Waals surface area contributed by atoms with Gasteiger partial charge in [-0.3, -0.25) is 9.89 Å². The van der Waals surface area contributed by atoms with Gasteiger partial charge in [-0.2, -0.15) is 5.10 Å². The van der Waals surface area contributed by atoms with Crippen LogP contribution in [-0.2, 0) is 11.3 Å². The van der Waals surface area contributed by atoms with Crippen molar-refractivity contribution in [1.29, 1.82) is 0 Å². The van der Waals surface area contributed by atoms with E-state index in [1.807, 2.05) is 71.6 Å². The third kappa shape index (κ3) is 4.20. The summed E-state index contributed by atoms with van der Waals surface area (Å²) in [6.07, 6.45) is 0. The Morgan fingerprint density at radius 3 is 2.41 bits per heavy atom. The van der Waals surface area contributed by atoms with E-state index in [1.54, 1.807) is 7.11 Å². The number of ether oxygens (including phenoxy) is 2. The largest absolute Gasteiger partial charge is 0.489 e. The van der Waals surface area contributed by atoms with Crippen LogP contribution in [0.15, 0.2) is 78.9 Å². The topological polar surface area (TPSA) is 67.5 Å². The quantitative estimate of drug-likeness (QED) is 0.400. The molecule has 0 spiro atoms. The summed E-state index contributed by atoms with van der Waals surface area (Å²) in [6, 6.07) is 26.0. The van der Waals surface area contributed by atoms with Gasteiger partial charge in [-0.15, -0.1) is 0 Å². The minimum absolute atomic E-state index is 0.0627. The number of nitrogens with zero attached hydrogens (tertiary/aromatic N) is 2. The van der Waals surface area contributed by atoms with Crippen LogP contribution in [0.3, 0.4) is 0 Å². The molecule has 34 heavy (non-hydrogen) atoms. The van der Waals surface area contributed by atoms with Crippen molar-refractivity contribution in [3.8, 4) is 17.0 Å². The molecule has 1 unspecified atom stereocenters. The Morgan fingerprint density at radius 1 is 0.971 bits per heavy atom. The standard InChI is InChI=1S/C28H27N3O3/c1-19-8-10-21(11-9-19)25-24-26(30-29-25)28(32)31(16-17-33-2)27(24)22-12-14-23(15-13-22)34-18-20-6-4-3-5-7-20/h3-15,27H,16-18H2,1-2H3,(H,29,30). The second-order valence-corrected chi connectivity index (χ2v) is 8.46. The lowest BCUT2D eigenvalue weighted by Gasteiger charge is -2.26. The highest BCUT2D eigenvalue weighted by molar-refractivity contribution is 6.00. The number of carbonyl (C=O) groups is 1. The average molecular weight is 454 g/mol. The highest BCUT2D eigenvalue weighted by Crippen LogP contribution is 2.42. The fourth-order valence-corrected chi connectivity index (χ4v) is 4.38. The van der Waals surface area contributed by atoms with E-state index in [4.69, 9.17) is 9.47 Å². The number of rotatable bonds is 8. The normalized spacial score (nSPS) is 14.9. The zero-order valence-electron chi connectivity index (χ0n) is 19.3. The molecule has 1 atom stereocenters. The Hall–Kier alpha value is -3.90. The van der Waals surface area contributed by atoms with E-state index in [2.05, 4.69) is 29.3 Å². The number of H-pyrrole nitrogens is 1. The molecule has 5 rings (SSSR count). The van der Waals surface area contributed by atoms with Gasteiger partial charge in [0.1, 0.15) is 18.1 Å². The van der Waals surface area contributed by atoms with Gasteiger partial charge in [0, 0.05) is 24.8 Å². The van der Waals surface area contributed by atoms with Gasteiger partial charge in [-0.25, -0.2) is 0 Å². The lowest BCUT2D eigenvalue weighted by atomic mass is 9.95. The Morgan fingerprint density at radius 2 is 1.71 bits per heavy atom. The maximum atomic E-state index is 13.3. The number of nitrogens with one attached hydrogen (secondary N) is 1. The molecule has 1 aliphatic rings. The Kier molecular flexibility index (Phi) is 6.14. The molecule has 1 amide bonds. The number of hydrogen-bond donors (Lipinski definition) is 1. The zero-order valence-corrected chi connectivity index (χ0v) is 19.3. The highest BCUT2D eigenvalue weighted by atomic mass is 16.5. The van der Waals surface area contributed by atoms with Gasteiger partial charge in [0.25, 0.3) is 5.91 Å². The molecule has 4 aromatic rings. The number of aryl methyl sites for hydroxylation is 1. The van der Waals surface area contributed by atoms with Crippen molar-refractivity contribution in [1.82, 2.24) is 15.1 Å². The maximum absolute atomic E-state index is 13.3. The molecule has 6 nitrogen and oxygen atoms in total. The van der Waals surface area contributed by atoms with Crippen molar-refractivity contribution in [2.24, 2.45) is 0 Å². The van der Waals surface area contributed by atoms with Crippen molar-refractivity contribution in [2.75, 3.05) is 20.3 Å². The highest BCUT2D eigenvalue weighted by Gasteiger charge is 2.41. The van der Waals surface area contributed by atoms with Gasteiger partial charge < -0.3 is 14.4 Å². The fraction of sp³-hybridized carbons (Fsp3) is 0.214. The molecule has 2 heterocycles. The van der Waals surface area contributed by atoms with Crippen molar-refractivity contribution in [3.63, 3.8) is 0 Å². The van der Waals surface area contributed by atoms with Crippen LogP contribution < -0.4 is 4.74 Å². The van der Waals surface area contributed by atoms with Crippen LogP contribution in [0.1, 0.15) is 38.8 Å². The van der Waals surface area contributed by atoms with Gasteiger partial charge in [-0.05, 0) is 30.2 Å². The Balaban J connectivity index is 1.47. The van der Waals surface area contributed by atoms with Crippen LogP contribution in [-0.4, -0.2) is 41.3 Å². The molecule has 0 aliphatic carbocycles. The monoisotopic (exact) mass is 453 g/mol. The van der Waals surface area contributed by atoms with E-state index in [9.17, 15) is 4.79 Å². The van der Waals surface area contributed by atoms with Crippen LogP contribution in [0.25, 0.3) is 11.3 Å². The molecule has 0 radical (unpaired) electrons. The molecule has 0 fully saturated rings. The molecule has 1 aliphatic heterocycles. The molecule has 1 N–H and O–H groups in total. The predicted molar refractivity (Wildman–Crippen MR) is 131 cm³/mol. The lowest BCUT2D eigenvalue weighted by Crippen LogP contribution is -2.32. The van der Waals surface area contributed by atoms with Crippen molar-refractivity contribution in [3.05, 3.63) is 107 Å². The molecular weight excluding hydrogens is 426 g/mol. The predicted octanol–water partition coefficient (Wildman–Crippen LogP) is 5.16. The van der Waals surface area contributed by atoms with E-state index in [0.717, 1.165) is 33.7 Å². The molecule has 0 saturated carbocycles. The SMILES string of the molecule is COCCN1C(=O)c2[nH]nc(-c3ccc(C)cc3)c2C1c1ccc(OCc2ccccc2)cc1. The van der Waals surface area contributed by atoms with E-state index < -0.39 is 0 Å². The number of aromatic amines is 1. The lowest BCUT2D eigenvalue weighted by molar-refractivity contribution is 0.0677. The first-order valence-corrected chi connectivity index (χ1v) is 11.4. The van der Waals surface area contributed by atoms with Gasteiger partial charge in [0.2, 0.25) is 0 Å². The summed E-state index contributed by atoms with van der Waals surface area (Å²) in [7, 11) is 1.65. The summed E-state index contributed by atoms with van der Waals surface area (Å²) in [5.41, 5.74) is 6.53. The average Bonchev–Trinajstić information content (AvgIpc) is 3.42. The van der Waals surface area contributed by atoms with Gasteiger partial charge in [0.15, 0.2) is 0 Å². The second kappa shape index (κ2) is 9.53. The molecular formula is C28H27N3O3. The number of hydrogen-bond acceptors (Lipinski definition) is 4. The minimum atomic E-state index is -0.254. The smallest absolute Gasteiger partial charge is 0.273 e. The number of amides is 1. The van der Waals surface area contributed by atoms with Gasteiger partial charge >= 0.3 is 0 Å². The first-order chi connectivity index (χ1) is 16.7. The number of benzene rings is 3. The summed E-state index contributed by atoms with van der Waals surface area (Å²) >= 11 is 0. The van der Waals surface area contributed by atoms with Gasteiger partial charge in [-0.1, -0.05) is 72.3 Å². The van der Waals surface area contributed by atoms with E-state index in [1.165, 1.54) is 5.56 Å². The molecule has 172 valence electrons. The molecule has 6 heteroatoms. The van der Waals surface area contributed by atoms with Gasteiger partial charge in [0.05, 0.1) is 18.3 Å².